The Morgan fingerprint density at radius 3 is 1.40 bits per heavy atom. The summed E-state index contributed by atoms with van der Waals surface area (Å²) in [4.78, 5) is 26.0. The van der Waals surface area contributed by atoms with Gasteiger partial charge in [-0.15, -0.1) is 0 Å². The summed E-state index contributed by atoms with van der Waals surface area (Å²) in [6.45, 7) is 2.97. The van der Waals surface area contributed by atoms with Gasteiger partial charge in [-0.2, -0.15) is 29.9 Å². The van der Waals surface area contributed by atoms with Crippen molar-refractivity contribution in [3.05, 3.63) is 120 Å². The molecule has 2 aromatic heterocycles. The zero-order chi connectivity index (χ0) is 42.9. The van der Waals surface area contributed by atoms with Gasteiger partial charge in [-0.1, -0.05) is 66.8 Å². The van der Waals surface area contributed by atoms with Crippen molar-refractivity contribution in [2.24, 2.45) is 5.92 Å². The Bertz CT molecular complexity index is 2560. The molecule has 0 aliphatic heterocycles. The van der Waals surface area contributed by atoms with Gasteiger partial charge in [0.1, 0.15) is 20.2 Å². The van der Waals surface area contributed by atoms with E-state index in [2.05, 4.69) is 61.8 Å². The molecule has 5 aromatic rings. The van der Waals surface area contributed by atoms with Crippen LogP contribution in [0, 0.1) is 5.92 Å². The number of aliphatic hydroxyl groups is 2. The minimum absolute atomic E-state index is 0. The number of rotatable bonds is 18. The number of anilines is 9. The van der Waals surface area contributed by atoms with E-state index in [1.54, 1.807) is 68.4 Å². The standard InChI is InChI=1S/C38H42N12O8S2.2Na/c1-24(22-51)39-32-45-34(41-28-9-5-3-6-10-28)49-36(47-32)43-30-18-14-26(15-19-30)13-16-27-17-20-31(21-38(27,59(53,54)55)60(56,57)58)44-37-48-33(40-25(2)23-52)46-35(50-37)42-29-11-7-4-8-12-29;;/h3-21,24-25,27,51-52H,22-23H2,1-2H3,(H,53,54,55)(H,56,57,58)(H3,39,41,43,45,47,49)(H3,40,42,44,46,48,50);;/q;2*+1/p-2. The van der Waals surface area contributed by atoms with Crippen LogP contribution in [-0.2, 0) is 20.2 Å². The minimum Gasteiger partial charge on any atom is -0.746 e. The summed E-state index contributed by atoms with van der Waals surface area (Å²) in [7, 11) is -11.8. The molecule has 0 saturated carbocycles. The van der Waals surface area contributed by atoms with Crippen molar-refractivity contribution in [1.29, 1.82) is 0 Å². The van der Waals surface area contributed by atoms with Gasteiger partial charge in [0.15, 0.2) is 4.08 Å². The van der Waals surface area contributed by atoms with Gasteiger partial charge in [0, 0.05) is 40.8 Å². The van der Waals surface area contributed by atoms with Crippen LogP contribution < -0.4 is 91.0 Å². The zero-order valence-corrected chi connectivity index (χ0v) is 39.6. The number of aliphatic hydroxyl groups excluding tert-OH is 2. The van der Waals surface area contributed by atoms with Gasteiger partial charge in [-0.05, 0) is 68.0 Å². The molecule has 0 spiro atoms. The Balaban J connectivity index is 0.00000422. The topological polar surface area (TPSA) is 304 Å². The Labute approximate surface area is 402 Å². The molecule has 24 heteroatoms. The van der Waals surface area contributed by atoms with E-state index in [4.69, 9.17) is 0 Å². The minimum atomic E-state index is -5.91. The van der Waals surface area contributed by atoms with Crippen molar-refractivity contribution in [2.75, 3.05) is 45.1 Å². The fraction of sp³-hybridized carbons (Fsp3) is 0.211. The van der Waals surface area contributed by atoms with Gasteiger partial charge in [-0.3, -0.25) is 0 Å². The SMILES string of the molecule is CC(CO)Nc1nc(NC2=CC(S(=O)(=O)[O-])(S(=O)(=O)[O-])C(C=Cc3ccc(Nc4nc(Nc5ccccc5)nc(NC(C)CO)n4)cc3)C=C2)nc(Nc2ccccc2)n1.[Na+].[Na+]. The van der Waals surface area contributed by atoms with E-state index in [-0.39, 0.29) is 120 Å². The predicted molar refractivity (Wildman–Crippen MR) is 225 cm³/mol. The van der Waals surface area contributed by atoms with Crippen LogP contribution in [0.1, 0.15) is 19.4 Å². The molecule has 1 aliphatic rings. The maximum Gasteiger partial charge on any atom is 1.00 e. The fourth-order valence-electron chi connectivity index (χ4n) is 5.67. The van der Waals surface area contributed by atoms with Gasteiger partial charge in [0.05, 0.1) is 13.2 Å². The molecule has 314 valence electrons. The Hall–Kier alpha value is -4.56. The van der Waals surface area contributed by atoms with E-state index >= 15 is 0 Å². The Morgan fingerprint density at radius 1 is 0.613 bits per heavy atom. The van der Waals surface area contributed by atoms with Crippen molar-refractivity contribution in [3.8, 4) is 0 Å². The number of benzene rings is 3. The quantitative estimate of drug-likeness (QED) is 0.0344. The number of allylic oxidation sites excluding steroid dienone is 3. The molecule has 0 fully saturated rings. The first-order valence-corrected chi connectivity index (χ1v) is 21.0. The first kappa shape index (κ1) is 50.1. The summed E-state index contributed by atoms with van der Waals surface area (Å²) in [6.07, 6.45) is 5.43. The predicted octanol–water partition coefficient (Wildman–Crippen LogP) is -2.14. The molecular weight excluding hydrogens is 863 g/mol. The normalized spacial score (nSPS) is 15.5. The molecule has 6 rings (SSSR count). The van der Waals surface area contributed by atoms with Crippen LogP contribution in [0.4, 0.5) is 52.8 Å². The number of para-hydroxylation sites is 2. The molecule has 2 heterocycles. The third-order valence-corrected chi connectivity index (χ3v) is 12.2. The number of nitrogens with zero attached hydrogens (tertiary/aromatic N) is 6. The molecule has 3 unspecified atom stereocenters. The van der Waals surface area contributed by atoms with Gasteiger partial charge < -0.3 is 51.2 Å². The number of aromatic nitrogens is 6. The van der Waals surface area contributed by atoms with Crippen LogP contribution >= 0.6 is 0 Å². The molecule has 3 atom stereocenters. The summed E-state index contributed by atoms with van der Waals surface area (Å²) < 4.78 is 73.8. The molecular formula is C38H40N12Na2O8S2. The van der Waals surface area contributed by atoms with Crippen LogP contribution in [0.3, 0.4) is 0 Å². The maximum absolute atomic E-state index is 12.9. The van der Waals surface area contributed by atoms with Crippen molar-refractivity contribution < 1.29 is 95.3 Å². The van der Waals surface area contributed by atoms with E-state index in [0.29, 0.717) is 23.0 Å². The molecule has 0 radical (unpaired) electrons. The third-order valence-electron chi connectivity index (χ3n) is 8.63. The second kappa shape index (κ2) is 22.2. The first-order chi connectivity index (χ1) is 28.6. The van der Waals surface area contributed by atoms with Crippen LogP contribution in [0.15, 0.2) is 115 Å². The molecule has 1 aliphatic carbocycles. The van der Waals surface area contributed by atoms with E-state index in [9.17, 15) is 36.2 Å². The molecule has 0 saturated heterocycles. The van der Waals surface area contributed by atoms with Crippen LogP contribution in [0.25, 0.3) is 6.08 Å². The molecule has 3 aromatic carbocycles. The van der Waals surface area contributed by atoms with Crippen LogP contribution in [-0.4, -0.2) is 95.4 Å². The Morgan fingerprint density at radius 2 is 1.00 bits per heavy atom. The van der Waals surface area contributed by atoms with Crippen LogP contribution in [0.5, 0.6) is 0 Å². The summed E-state index contributed by atoms with van der Waals surface area (Å²) in [5.41, 5.74) is 2.02. The smallest absolute Gasteiger partial charge is 0.746 e. The summed E-state index contributed by atoms with van der Waals surface area (Å²) in [5.74, 6) is -1.41. The second-order valence-electron chi connectivity index (χ2n) is 13.4. The van der Waals surface area contributed by atoms with E-state index in [1.165, 1.54) is 12.2 Å². The van der Waals surface area contributed by atoms with Crippen molar-refractivity contribution >= 4 is 79.1 Å². The summed E-state index contributed by atoms with van der Waals surface area (Å²) in [5, 5.41) is 36.8. The Kier molecular flexibility index (Phi) is 17.9. The number of nitrogens with one attached hydrogen (secondary N) is 6. The van der Waals surface area contributed by atoms with Crippen molar-refractivity contribution in [3.63, 3.8) is 0 Å². The molecule has 20 nitrogen and oxygen atoms in total. The maximum atomic E-state index is 12.9. The van der Waals surface area contributed by atoms with Gasteiger partial charge in [-0.25, -0.2) is 16.8 Å². The first-order valence-electron chi connectivity index (χ1n) is 18.2. The summed E-state index contributed by atoms with van der Waals surface area (Å²) >= 11 is 0. The monoisotopic (exact) mass is 902 g/mol. The second-order valence-corrected chi connectivity index (χ2v) is 16.8. The molecule has 62 heavy (non-hydrogen) atoms. The molecule has 0 amide bonds. The molecule has 8 N–H and O–H groups in total. The fourth-order valence-corrected chi connectivity index (χ4v) is 8.19. The number of hydrogen-bond acceptors (Lipinski definition) is 20. The molecule has 0 bridgehead atoms. The van der Waals surface area contributed by atoms with Gasteiger partial charge in [0.2, 0.25) is 35.7 Å². The van der Waals surface area contributed by atoms with E-state index < -0.39 is 36.3 Å². The van der Waals surface area contributed by atoms with Gasteiger partial charge in [0.25, 0.3) is 0 Å². The third kappa shape index (κ3) is 13.0. The van der Waals surface area contributed by atoms with Crippen molar-refractivity contribution in [2.45, 2.75) is 30.0 Å². The number of hydrogen-bond donors (Lipinski definition) is 8. The van der Waals surface area contributed by atoms with E-state index in [0.717, 1.165) is 17.8 Å². The summed E-state index contributed by atoms with van der Waals surface area (Å²) in [6, 6.07) is 23.7. The van der Waals surface area contributed by atoms with Gasteiger partial charge >= 0.3 is 59.1 Å². The van der Waals surface area contributed by atoms with Crippen LogP contribution in [0.2, 0.25) is 0 Å². The van der Waals surface area contributed by atoms with E-state index in [1.807, 2.05) is 30.3 Å². The average Bonchev–Trinajstić information content (AvgIpc) is 3.20. The van der Waals surface area contributed by atoms with Crippen molar-refractivity contribution in [1.82, 2.24) is 29.9 Å². The average molecular weight is 903 g/mol. The largest absolute Gasteiger partial charge is 1.00 e. The zero-order valence-electron chi connectivity index (χ0n) is 34.0.